The molecule has 2 nitrogen and oxygen atoms in total. The minimum absolute atomic E-state index is 0.224. The third-order valence-electron chi connectivity index (χ3n) is 7.46. The molecule has 0 aromatic rings. The normalized spacial score (nSPS) is 25.3. The van der Waals surface area contributed by atoms with Gasteiger partial charge >= 0.3 is 0 Å². The monoisotopic (exact) mass is 408 g/mol. The molecule has 2 rings (SSSR count). The van der Waals surface area contributed by atoms with Gasteiger partial charge in [0.15, 0.2) is 8.32 Å². The predicted octanol–water partition coefficient (Wildman–Crippen LogP) is 7.80. The molecule has 1 fully saturated rings. The molecule has 27 heavy (non-hydrogen) atoms. The summed E-state index contributed by atoms with van der Waals surface area (Å²) in [5.41, 5.74) is 1.57. The van der Waals surface area contributed by atoms with Gasteiger partial charge < -0.3 is 8.85 Å². The summed E-state index contributed by atoms with van der Waals surface area (Å²) in [6, 6.07) is 0. The molecule has 2 atom stereocenters. The smallest absolute Gasteiger partial charge is 0.250 e. The fourth-order valence-corrected chi connectivity index (χ4v) is 5.94. The third-order valence-corrected chi connectivity index (χ3v) is 16.3. The zero-order chi connectivity index (χ0) is 20.7. The summed E-state index contributed by atoms with van der Waals surface area (Å²) in [5, 5.41) is 0.476. The van der Waals surface area contributed by atoms with Crippen LogP contribution in [0.1, 0.15) is 73.6 Å². The Morgan fingerprint density at radius 3 is 2.04 bits per heavy atom. The maximum atomic E-state index is 6.91. The van der Waals surface area contributed by atoms with E-state index in [2.05, 4.69) is 79.9 Å². The molecular weight excluding hydrogens is 364 g/mol. The first-order valence-electron chi connectivity index (χ1n) is 10.9. The summed E-state index contributed by atoms with van der Waals surface area (Å²) in [6.07, 6.45) is 10.9. The van der Waals surface area contributed by atoms with Crippen LogP contribution < -0.4 is 0 Å². The Bertz CT molecular complexity index is 588. The van der Waals surface area contributed by atoms with Crippen LogP contribution in [0.4, 0.5) is 0 Å². The lowest BCUT2D eigenvalue weighted by Crippen LogP contribution is -2.46. The van der Waals surface area contributed by atoms with E-state index in [1.54, 1.807) is 5.57 Å². The molecule has 0 unspecified atom stereocenters. The quantitative estimate of drug-likeness (QED) is 0.349. The van der Waals surface area contributed by atoms with E-state index in [1.165, 1.54) is 31.4 Å². The van der Waals surface area contributed by atoms with Gasteiger partial charge in [-0.1, -0.05) is 60.1 Å². The highest BCUT2D eigenvalue weighted by molar-refractivity contribution is 6.74. The van der Waals surface area contributed by atoms with Gasteiger partial charge in [0.25, 0.3) is 0 Å². The summed E-state index contributed by atoms with van der Waals surface area (Å²) in [6.45, 7) is 23.5. The van der Waals surface area contributed by atoms with Gasteiger partial charge in [-0.05, 0) is 61.1 Å². The van der Waals surface area contributed by atoms with E-state index in [1.807, 2.05) is 0 Å². The van der Waals surface area contributed by atoms with Gasteiger partial charge in [0.05, 0.1) is 11.9 Å². The van der Waals surface area contributed by atoms with Gasteiger partial charge in [0, 0.05) is 12.3 Å². The van der Waals surface area contributed by atoms with E-state index in [4.69, 9.17) is 8.85 Å². The summed E-state index contributed by atoms with van der Waals surface area (Å²) in [4.78, 5) is 0. The molecule has 0 aliphatic heterocycles. The van der Waals surface area contributed by atoms with Gasteiger partial charge in [-0.2, -0.15) is 0 Å². The van der Waals surface area contributed by atoms with E-state index in [9.17, 15) is 0 Å². The van der Waals surface area contributed by atoms with E-state index in [-0.39, 0.29) is 16.2 Å². The van der Waals surface area contributed by atoms with Crippen LogP contribution in [0.25, 0.3) is 0 Å². The van der Waals surface area contributed by atoms with Crippen molar-refractivity contribution in [3.8, 4) is 0 Å². The Morgan fingerprint density at radius 2 is 1.48 bits per heavy atom. The molecule has 0 aromatic carbocycles. The average Bonchev–Trinajstić information content (AvgIpc) is 2.65. The largest absolute Gasteiger partial charge is 0.546 e. The summed E-state index contributed by atoms with van der Waals surface area (Å²) < 4.78 is 13.8. The van der Waals surface area contributed by atoms with Crippen molar-refractivity contribution < 1.29 is 8.85 Å². The molecule has 0 saturated heterocycles. The van der Waals surface area contributed by atoms with E-state index < -0.39 is 16.6 Å². The molecule has 0 heterocycles. The molecule has 0 spiro atoms. The van der Waals surface area contributed by atoms with Gasteiger partial charge in [-0.3, -0.25) is 0 Å². The summed E-state index contributed by atoms with van der Waals surface area (Å²) in [5.74, 6) is 1.79. The third kappa shape index (κ3) is 5.19. The van der Waals surface area contributed by atoms with Crippen LogP contribution in [-0.2, 0) is 8.85 Å². The number of rotatable bonds is 4. The molecule has 2 aliphatic carbocycles. The van der Waals surface area contributed by atoms with Crippen molar-refractivity contribution in [2.75, 3.05) is 0 Å². The molecule has 4 heteroatoms. The maximum Gasteiger partial charge on any atom is 0.250 e. The Morgan fingerprint density at radius 1 is 0.889 bits per heavy atom. The highest BCUT2D eigenvalue weighted by Crippen LogP contribution is 2.45. The first-order valence-corrected chi connectivity index (χ1v) is 16.7. The molecule has 0 radical (unpaired) electrons. The second-order valence-corrected chi connectivity index (χ2v) is 21.1. The van der Waals surface area contributed by atoms with Crippen LogP contribution in [0.2, 0.25) is 36.3 Å². The fourth-order valence-electron chi connectivity index (χ4n) is 3.53. The number of fused-ring (bicyclic) bond motifs is 1. The van der Waals surface area contributed by atoms with E-state index >= 15 is 0 Å². The summed E-state index contributed by atoms with van der Waals surface area (Å²) >= 11 is 0. The van der Waals surface area contributed by atoms with Gasteiger partial charge in [-0.15, -0.1) is 0 Å². The minimum Gasteiger partial charge on any atom is -0.546 e. The second-order valence-electron chi connectivity index (χ2n) is 11.6. The molecule has 1 saturated carbocycles. The van der Waals surface area contributed by atoms with Gasteiger partial charge in [0.1, 0.15) is 0 Å². The molecule has 2 aliphatic rings. The Hall–Kier alpha value is -0.326. The Balaban J connectivity index is 2.34. The van der Waals surface area contributed by atoms with Gasteiger partial charge in [-0.25, -0.2) is 0 Å². The number of hydrogen-bond acceptors (Lipinski definition) is 2. The zero-order valence-corrected chi connectivity index (χ0v) is 21.7. The fraction of sp³-hybridized carbons (Fsp3) is 0.826. The van der Waals surface area contributed by atoms with E-state index in [0.717, 1.165) is 6.42 Å². The molecular formula is C23H44O2Si2. The second kappa shape index (κ2) is 7.83. The highest BCUT2D eigenvalue weighted by Gasteiger charge is 2.43. The van der Waals surface area contributed by atoms with Crippen LogP contribution in [0, 0.1) is 5.92 Å². The minimum atomic E-state index is -1.81. The van der Waals surface area contributed by atoms with Crippen molar-refractivity contribution in [3.63, 3.8) is 0 Å². The topological polar surface area (TPSA) is 18.5 Å². The highest BCUT2D eigenvalue weighted by atomic mass is 28.4. The number of allylic oxidation sites excluding steroid dienone is 1. The molecule has 0 aromatic heterocycles. The van der Waals surface area contributed by atoms with E-state index in [0.29, 0.717) is 5.92 Å². The predicted molar refractivity (Wildman–Crippen MR) is 123 cm³/mol. The number of hydrogen-bond donors (Lipinski definition) is 0. The zero-order valence-electron chi connectivity index (χ0n) is 19.7. The lowest BCUT2D eigenvalue weighted by molar-refractivity contribution is 0.158. The van der Waals surface area contributed by atoms with Crippen LogP contribution >= 0.6 is 0 Å². The first kappa shape index (κ1) is 23.0. The lowest BCUT2D eigenvalue weighted by atomic mass is 9.80. The average molecular weight is 409 g/mol. The van der Waals surface area contributed by atoms with Crippen molar-refractivity contribution in [2.24, 2.45) is 5.92 Å². The molecule has 0 N–H and O–H groups in total. The van der Waals surface area contributed by atoms with Crippen molar-refractivity contribution >= 4 is 16.6 Å². The van der Waals surface area contributed by atoms with Crippen molar-refractivity contribution in [3.05, 3.63) is 23.5 Å². The first-order chi connectivity index (χ1) is 12.2. The molecule has 0 bridgehead atoms. The van der Waals surface area contributed by atoms with Gasteiger partial charge in [0.2, 0.25) is 8.32 Å². The van der Waals surface area contributed by atoms with Crippen LogP contribution in [0.5, 0.6) is 0 Å². The lowest BCUT2D eigenvalue weighted by Gasteiger charge is -2.42. The maximum absolute atomic E-state index is 6.91. The summed E-state index contributed by atoms with van der Waals surface area (Å²) in [7, 11) is -3.61. The van der Waals surface area contributed by atoms with Crippen molar-refractivity contribution in [1.82, 2.24) is 0 Å². The van der Waals surface area contributed by atoms with Crippen LogP contribution in [-0.4, -0.2) is 22.7 Å². The van der Waals surface area contributed by atoms with Crippen molar-refractivity contribution in [2.45, 2.75) is 116 Å². The van der Waals surface area contributed by atoms with Crippen molar-refractivity contribution in [1.29, 1.82) is 0 Å². The molecule has 0 amide bonds. The van der Waals surface area contributed by atoms with Crippen LogP contribution in [0.15, 0.2) is 23.5 Å². The molecule has 156 valence electrons. The Kier molecular flexibility index (Phi) is 6.66. The van der Waals surface area contributed by atoms with Crippen LogP contribution in [0.3, 0.4) is 0 Å². The SMILES string of the molecule is CC(C)(C)[Si](C)(C)OC1=C2CCCC[C@@H]2[C@@H](O[Si](C)(C)C(C)(C)C)C=CC1. The Labute approximate surface area is 171 Å². The standard InChI is InChI=1S/C23H44O2Si2/c1-22(2,3)26(7,8)24-20-16-13-17-21(19-15-12-11-14-18(19)20)25-27(9,10)23(4,5)6/h13,16,18,20H,11-12,14-15,17H2,1-10H3/t18-,20-/m0/s1.